The number of aliphatic hydroxyl groups excluding tert-OH is 2. The molecule has 6 nitrogen and oxygen atoms in total. The van der Waals surface area contributed by atoms with Crippen molar-refractivity contribution in [3.05, 3.63) is 30.1 Å². The van der Waals surface area contributed by atoms with Crippen LogP contribution in [0.5, 0.6) is 0 Å². The molecule has 5 N–H and O–H groups in total. The van der Waals surface area contributed by atoms with Gasteiger partial charge in [0.25, 0.3) is 0 Å². The minimum absolute atomic E-state index is 0.160. The second-order valence-corrected chi connectivity index (χ2v) is 8.31. The van der Waals surface area contributed by atoms with Crippen LogP contribution in [0.25, 0.3) is 0 Å². The van der Waals surface area contributed by atoms with E-state index < -0.39 is 24.3 Å². The number of nitrogens with two attached hydrogens (primary N) is 1. The standard InChI is InChI=1S/C21H33N3O3/c22-17(13-16-8-4-5-11-23-16)21(27)24-18(12-14-6-2-1-3-7-14)20(26)19(25)15-9-10-15/h4-5,8,11,14-15,17-20,25-26H,1-3,6-7,9-10,12-13,22H2,(H,24,27)/t17?,18-,19-,20+/m0/s1. The van der Waals surface area contributed by atoms with Gasteiger partial charge in [-0.25, -0.2) is 0 Å². The van der Waals surface area contributed by atoms with E-state index >= 15 is 0 Å². The molecule has 0 spiro atoms. The number of hydrogen-bond donors (Lipinski definition) is 4. The molecule has 1 unspecified atom stereocenters. The normalized spacial score (nSPS) is 22.6. The summed E-state index contributed by atoms with van der Waals surface area (Å²) in [5, 5.41) is 24.1. The van der Waals surface area contributed by atoms with Crippen molar-refractivity contribution in [3.63, 3.8) is 0 Å². The van der Waals surface area contributed by atoms with E-state index in [2.05, 4.69) is 10.3 Å². The van der Waals surface area contributed by atoms with E-state index in [-0.39, 0.29) is 11.8 Å². The van der Waals surface area contributed by atoms with Gasteiger partial charge < -0.3 is 21.3 Å². The molecule has 2 saturated carbocycles. The summed E-state index contributed by atoms with van der Waals surface area (Å²) in [6, 6.07) is 4.36. The third-order valence-electron chi connectivity index (χ3n) is 6.00. The molecule has 27 heavy (non-hydrogen) atoms. The molecule has 1 heterocycles. The molecule has 0 aliphatic heterocycles. The van der Waals surface area contributed by atoms with Crippen LogP contribution in [0.1, 0.15) is 57.1 Å². The van der Waals surface area contributed by atoms with Gasteiger partial charge in [0.2, 0.25) is 5.91 Å². The molecule has 150 valence electrons. The summed E-state index contributed by atoms with van der Waals surface area (Å²) in [6.07, 6.45) is 8.82. The largest absolute Gasteiger partial charge is 0.390 e. The molecule has 2 aliphatic carbocycles. The van der Waals surface area contributed by atoms with Crippen LogP contribution in [0, 0.1) is 11.8 Å². The lowest BCUT2D eigenvalue weighted by atomic mass is 9.82. The molecule has 1 amide bonds. The topological polar surface area (TPSA) is 108 Å². The number of nitrogens with zero attached hydrogens (tertiary/aromatic N) is 1. The molecule has 2 fully saturated rings. The smallest absolute Gasteiger partial charge is 0.237 e. The first-order valence-electron chi connectivity index (χ1n) is 10.4. The van der Waals surface area contributed by atoms with Crippen LogP contribution < -0.4 is 11.1 Å². The van der Waals surface area contributed by atoms with Gasteiger partial charge in [-0.1, -0.05) is 38.2 Å². The van der Waals surface area contributed by atoms with Gasteiger partial charge in [-0.15, -0.1) is 0 Å². The molecule has 4 atom stereocenters. The molecule has 3 rings (SSSR count). The monoisotopic (exact) mass is 375 g/mol. The van der Waals surface area contributed by atoms with Crippen molar-refractivity contribution in [2.24, 2.45) is 17.6 Å². The zero-order valence-electron chi connectivity index (χ0n) is 16.0. The zero-order chi connectivity index (χ0) is 19.2. The predicted molar refractivity (Wildman–Crippen MR) is 104 cm³/mol. The maximum atomic E-state index is 12.7. The maximum Gasteiger partial charge on any atom is 0.237 e. The van der Waals surface area contributed by atoms with Gasteiger partial charge in [-0.3, -0.25) is 9.78 Å². The van der Waals surface area contributed by atoms with E-state index in [0.717, 1.165) is 31.4 Å². The summed E-state index contributed by atoms with van der Waals surface area (Å²) >= 11 is 0. The number of pyridine rings is 1. The second kappa shape index (κ2) is 9.62. The molecule has 0 saturated heterocycles. The Morgan fingerprint density at radius 3 is 2.56 bits per heavy atom. The summed E-state index contributed by atoms with van der Waals surface area (Å²) in [5.41, 5.74) is 6.85. The zero-order valence-corrected chi connectivity index (χ0v) is 16.0. The van der Waals surface area contributed by atoms with Gasteiger partial charge >= 0.3 is 0 Å². The van der Waals surface area contributed by atoms with E-state index in [1.54, 1.807) is 6.20 Å². The Morgan fingerprint density at radius 1 is 1.19 bits per heavy atom. The SMILES string of the molecule is NC(Cc1ccccn1)C(=O)N[C@@H](CC1CCCCC1)[C@@H](O)[C@@H](O)C1CC1. The summed E-state index contributed by atoms with van der Waals surface area (Å²) in [4.78, 5) is 16.9. The summed E-state index contributed by atoms with van der Waals surface area (Å²) in [6.45, 7) is 0. The van der Waals surface area contributed by atoms with Crippen LogP contribution in [0.4, 0.5) is 0 Å². The quantitative estimate of drug-likeness (QED) is 0.523. The van der Waals surface area contributed by atoms with E-state index in [1.165, 1.54) is 19.3 Å². The van der Waals surface area contributed by atoms with Gasteiger partial charge in [0.1, 0.15) is 6.10 Å². The maximum absolute atomic E-state index is 12.7. The first-order valence-corrected chi connectivity index (χ1v) is 10.4. The highest BCUT2D eigenvalue weighted by molar-refractivity contribution is 5.82. The number of carbonyl (C=O) groups excluding carboxylic acids is 1. The lowest BCUT2D eigenvalue weighted by Crippen LogP contribution is -2.54. The number of hydrogen-bond acceptors (Lipinski definition) is 5. The van der Waals surface area contributed by atoms with Gasteiger partial charge in [-0.2, -0.15) is 0 Å². The highest BCUT2D eigenvalue weighted by Crippen LogP contribution is 2.36. The molecule has 0 aromatic carbocycles. The fourth-order valence-corrected chi connectivity index (χ4v) is 4.15. The molecule has 0 radical (unpaired) electrons. The number of aliphatic hydroxyl groups is 2. The number of aromatic nitrogens is 1. The molecular weight excluding hydrogens is 342 g/mol. The minimum atomic E-state index is -0.939. The lowest BCUT2D eigenvalue weighted by molar-refractivity contribution is -0.125. The van der Waals surface area contributed by atoms with Gasteiger partial charge in [0.15, 0.2) is 0 Å². The van der Waals surface area contributed by atoms with Crippen molar-refractivity contribution in [1.29, 1.82) is 0 Å². The van der Waals surface area contributed by atoms with Gasteiger partial charge in [0.05, 0.1) is 18.2 Å². The first-order chi connectivity index (χ1) is 13.0. The van der Waals surface area contributed by atoms with Crippen LogP contribution in [-0.4, -0.2) is 45.4 Å². The van der Waals surface area contributed by atoms with E-state index in [9.17, 15) is 15.0 Å². The van der Waals surface area contributed by atoms with Crippen molar-refractivity contribution >= 4 is 5.91 Å². The van der Waals surface area contributed by atoms with E-state index in [1.807, 2.05) is 18.2 Å². The molecule has 1 aromatic heterocycles. The Hall–Kier alpha value is -1.50. The number of amides is 1. The molecule has 1 aromatic rings. The Labute approximate surface area is 161 Å². The second-order valence-electron chi connectivity index (χ2n) is 8.31. The number of carbonyl (C=O) groups is 1. The molecular formula is C21H33N3O3. The molecule has 0 bridgehead atoms. The first kappa shape index (κ1) is 20.2. The third kappa shape index (κ3) is 5.99. The lowest BCUT2D eigenvalue weighted by Gasteiger charge is -2.33. The molecule has 6 heteroatoms. The van der Waals surface area contributed by atoms with E-state index in [0.29, 0.717) is 18.8 Å². The fraction of sp³-hybridized carbons (Fsp3) is 0.714. The van der Waals surface area contributed by atoms with E-state index in [4.69, 9.17) is 5.73 Å². The van der Waals surface area contributed by atoms with Crippen molar-refractivity contribution in [2.75, 3.05) is 0 Å². The van der Waals surface area contributed by atoms with Crippen molar-refractivity contribution in [3.8, 4) is 0 Å². The highest BCUT2D eigenvalue weighted by Gasteiger charge is 2.39. The summed E-state index contributed by atoms with van der Waals surface area (Å²) < 4.78 is 0. The summed E-state index contributed by atoms with van der Waals surface area (Å²) in [5.74, 6) is 0.355. The van der Waals surface area contributed by atoms with Crippen LogP contribution in [0.15, 0.2) is 24.4 Å². The van der Waals surface area contributed by atoms with Crippen LogP contribution >= 0.6 is 0 Å². The fourth-order valence-electron chi connectivity index (χ4n) is 4.15. The Bertz CT molecular complexity index is 588. The minimum Gasteiger partial charge on any atom is -0.390 e. The van der Waals surface area contributed by atoms with Gasteiger partial charge in [0, 0.05) is 18.3 Å². The summed E-state index contributed by atoms with van der Waals surface area (Å²) in [7, 11) is 0. The Balaban J connectivity index is 1.60. The van der Waals surface area contributed by atoms with Crippen LogP contribution in [0.2, 0.25) is 0 Å². The average Bonchev–Trinajstić information content (AvgIpc) is 3.53. The Kier molecular flexibility index (Phi) is 7.21. The third-order valence-corrected chi connectivity index (χ3v) is 6.00. The van der Waals surface area contributed by atoms with Crippen molar-refractivity contribution < 1.29 is 15.0 Å². The van der Waals surface area contributed by atoms with Gasteiger partial charge in [-0.05, 0) is 43.2 Å². The number of nitrogens with one attached hydrogen (secondary N) is 1. The predicted octanol–water partition coefficient (Wildman–Crippen LogP) is 1.54. The van der Waals surface area contributed by atoms with Crippen molar-refractivity contribution in [2.45, 2.75) is 82.1 Å². The Morgan fingerprint density at radius 2 is 1.93 bits per heavy atom. The molecule has 2 aliphatic rings. The van der Waals surface area contributed by atoms with Crippen molar-refractivity contribution in [1.82, 2.24) is 10.3 Å². The highest BCUT2D eigenvalue weighted by atomic mass is 16.3. The van der Waals surface area contributed by atoms with Crippen LogP contribution in [0.3, 0.4) is 0 Å². The average molecular weight is 376 g/mol. The number of rotatable bonds is 9. The van der Waals surface area contributed by atoms with Crippen LogP contribution in [-0.2, 0) is 11.2 Å².